The molecule has 0 saturated heterocycles. The molecule has 0 atom stereocenters. The molecule has 0 aliphatic rings. The molecule has 0 fully saturated rings. The number of aliphatic hydroxyl groups is 1. The predicted octanol–water partition coefficient (Wildman–Crippen LogP) is 3.43. The largest absolute Gasteiger partial charge is 0.396 e. The van der Waals surface area contributed by atoms with Crippen molar-refractivity contribution in [1.29, 1.82) is 0 Å². The Balaban J connectivity index is 2.10. The summed E-state index contributed by atoms with van der Waals surface area (Å²) in [4.78, 5) is 4.65. The number of aryl methyl sites for hydroxylation is 2. The molecular weight excluding hydrogens is 230 g/mol. The second kappa shape index (κ2) is 5.94. The van der Waals surface area contributed by atoms with Crippen LogP contribution in [0.5, 0.6) is 0 Å². The van der Waals surface area contributed by atoms with Gasteiger partial charge in [-0.05, 0) is 31.7 Å². The average molecular weight is 247 g/mol. The highest BCUT2D eigenvalue weighted by molar-refractivity contribution is 7.09. The Labute approximate surface area is 106 Å². The van der Waals surface area contributed by atoms with Crippen LogP contribution in [0.3, 0.4) is 0 Å². The molecule has 2 rings (SSSR count). The van der Waals surface area contributed by atoms with Crippen molar-refractivity contribution in [3.05, 3.63) is 40.2 Å². The molecule has 1 N–H and O–H groups in total. The molecule has 1 aromatic carbocycles. The molecule has 0 amide bonds. The Morgan fingerprint density at radius 1 is 1.24 bits per heavy atom. The van der Waals surface area contributed by atoms with Crippen molar-refractivity contribution in [2.75, 3.05) is 6.61 Å². The van der Waals surface area contributed by atoms with Crippen LogP contribution >= 0.6 is 11.3 Å². The number of benzene rings is 1. The molecule has 1 aromatic heterocycles. The van der Waals surface area contributed by atoms with Crippen LogP contribution < -0.4 is 0 Å². The van der Waals surface area contributed by atoms with Gasteiger partial charge in [-0.3, -0.25) is 0 Å². The van der Waals surface area contributed by atoms with Crippen molar-refractivity contribution < 1.29 is 5.11 Å². The van der Waals surface area contributed by atoms with Crippen molar-refractivity contribution in [3.8, 4) is 11.3 Å². The minimum Gasteiger partial charge on any atom is -0.396 e. The fourth-order valence-electron chi connectivity index (χ4n) is 1.80. The molecule has 1 heterocycles. The lowest BCUT2D eigenvalue weighted by atomic mass is 10.1. The van der Waals surface area contributed by atoms with Gasteiger partial charge in [-0.15, -0.1) is 11.3 Å². The highest BCUT2D eigenvalue weighted by Gasteiger charge is 2.06. The summed E-state index contributed by atoms with van der Waals surface area (Å²) in [7, 11) is 0. The van der Waals surface area contributed by atoms with Gasteiger partial charge in [-0.25, -0.2) is 4.98 Å². The molecule has 3 heteroatoms. The van der Waals surface area contributed by atoms with E-state index in [1.807, 2.05) is 12.1 Å². The number of rotatable bonds is 5. The van der Waals surface area contributed by atoms with Crippen LogP contribution in [0, 0.1) is 6.92 Å². The van der Waals surface area contributed by atoms with Gasteiger partial charge in [0.15, 0.2) is 0 Å². The monoisotopic (exact) mass is 247 g/mol. The van der Waals surface area contributed by atoms with E-state index in [1.165, 1.54) is 11.1 Å². The smallest absolute Gasteiger partial charge is 0.0932 e. The van der Waals surface area contributed by atoms with Crippen molar-refractivity contribution in [1.82, 2.24) is 4.98 Å². The predicted molar refractivity (Wildman–Crippen MR) is 72.3 cm³/mol. The van der Waals surface area contributed by atoms with E-state index in [2.05, 4.69) is 29.4 Å². The molecule has 2 aromatic rings. The van der Waals surface area contributed by atoms with E-state index in [0.717, 1.165) is 30.0 Å². The summed E-state index contributed by atoms with van der Waals surface area (Å²) in [5.41, 5.74) is 3.56. The fourth-order valence-corrected chi connectivity index (χ4v) is 2.64. The summed E-state index contributed by atoms with van der Waals surface area (Å²) >= 11 is 1.71. The minimum absolute atomic E-state index is 0.274. The van der Waals surface area contributed by atoms with Crippen LogP contribution in [0.4, 0.5) is 0 Å². The van der Waals surface area contributed by atoms with Crippen molar-refractivity contribution in [3.63, 3.8) is 0 Å². The first-order valence-corrected chi connectivity index (χ1v) is 6.80. The van der Waals surface area contributed by atoms with Gasteiger partial charge in [0.05, 0.1) is 10.7 Å². The van der Waals surface area contributed by atoms with E-state index in [0.29, 0.717) is 0 Å². The van der Waals surface area contributed by atoms with E-state index < -0.39 is 0 Å². The van der Waals surface area contributed by atoms with E-state index in [4.69, 9.17) is 5.11 Å². The van der Waals surface area contributed by atoms with Crippen molar-refractivity contribution in [2.24, 2.45) is 0 Å². The maximum Gasteiger partial charge on any atom is 0.0932 e. The van der Waals surface area contributed by atoms with Crippen LogP contribution in [0.1, 0.15) is 23.4 Å². The third-order valence-corrected chi connectivity index (χ3v) is 3.68. The van der Waals surface area contributed by atoms with Gasteiger partial charge in [0.2, 0.25) is 0 Å². The number of nitrogens with zero attached hydrogens (tertiary/aromatic N) is 1. The Kier molecular flexibility index (Phi) is 4.29. The average Bonchev–Trinajstić information content (AvgIpc) is 2.79. The lowest BCUT2D eigenvalue weighted by molar-refractivity contribution is 0.284. The second-order valence-electron chi connectivity index (χ2n) is 4.12. The van der Waals surface area contributed by atoms with Crippen molar-refractivity contribution >= 4 is 11.3 Å². The Bertz CT molecular complexity index is 479. The second-order valence-corrected chi connectivity index (χ2v) is 5.06. The number of aromatic nitrogens is 1. The summed E-state index contributed by atoms with van der Waals surface area (Å²) < 4.78 is 0. The first-order chi connectivity index (χ1) is 8.31. The number of thiazole rings is 1. The van der Waals surface area contributed by atoms with E-state index in [9.17, 15) is 0 Å². The first-order valence-electron chi connectivity index (χ1n) is 5.92. The SMILES string of the molecule is Cc1ccccc1-c1csc(CCCCO)n1. The van der Waals surface area contributed by atoms with Crippen LogP contribution in [0.2, 0.25) is 0 Å². The van der Waals surface area contributed by atoms with E-state index in [1.54, 1.807) is 11.3 Å². The highest BCUT2D eigenvalue weighted by Crippen LogP contribution is 2.25. The molecule has 17 heavy (non-hydrogen) atoms. The Morgan fingerprint density at radius 3 is 2.82 bits per heavy atom. The van der Waals surface area contributed by atoms with Gasteiger partial charge in [0.1, 0.15) is 0 Å². The lowest BCUT2D eigenvalue weighted by Gasteiger charge is -2.00. The summed E-state index contributed by atoms with van der Waals surface area (Å²) in [5.74, 6) is 0. The fraction of sp³-hybridized carbons (Fsp3) is 0.357. The van der Waals surface area contributed by atoms with Gasteiger partial charge >= 0.3 is 0 Å². The molecule has 0 aliphatic heterocycles. The van der Waals surface area contributed by atoms with Crippen LogP contribution in [-0.2, 0) is 6.42 Å². The van der Waals surface area contributed by atoms with Gasteiger partial charge in [-0.1, -0.05) is 24.3 Å². The van der Waals surface area contributed by atoms with Gasteiger partial charge in [-0.2, -0.15) is 0 Å². The Morgan fingerprint density at radius 2 is 2.06 bits per heavy atom. The maximum atomic E-state index is 8.75. The molecule has 0 bridgehead atoms. The topological polar surface area (TPSA) is 33.1 Å². The highest BCUT2D eigenvalue weighted by atomic mass is 32.1. The number of unbranched alkanes of at least 4 members (excludes halogenated alkanes) is 1. The summed E-state index contributed by atoms with van der Waals surface area (Å²) in [6.07, 6.45) is 2.84. The summed E-state index contributed by atoms with van der Waals surface area (Å²) in [6, 6.07) is 8.32. The molecule has 0 unspecified atom stereocenters. The zero-order valence-electron chi connectivity index (χ0n) is 10.0. The lowest BCUT2D eigenvalue weighted by Crippen LogP contribution is -1.88. The first kappa shape index (κ1) is 12.3. The molecule has 0 aliphatic carbocycles. The standard InChI is InChI=1S/C14H17NOS/c1-11-6-2-3-7-12(11)13-10-17-14(15-13)8-4-5-9-16/h2-3,6-7,10,16H,4-5,8-9H2,1H3. The maximum absolute atomic E-state index is 8.75. The van der Waals surface area contributed by atoms with E-state index in [-0.39, 0.29) is 6.61 Å². The van der Waals surface area contributed by atoms with E-state index >= 15 is 0 Å². The van der Waals surface area contributed by atoms with Gasteiger partial charge < -0.3 is 5.11 Å². The van der Waals surface area contributed by atoms with Crippen LogP contribution in [-0.4, -0.2) is 16.7 Å². The molecule has 90 valence electrons. The molecule has 2 nitrogen and oxygen atoms in total. The normalized spacial score (nSPS) is 10.7. The zero-order valence-corrected chi connectivity index (χ0v) is 10.8. The van der Waals surface area contributed by atoms with Gasteiger partial charge in [0, 0.05) is 17.6 Å². The minimum atomic E-state index is 0.274. The number of hydrogen-bond acceptors (Lipinski definition) is 3. The van der Waals surface area contributed by atoms with Gasteiger partial charge in [0.25, 0.3) is 0 Å². The quantitative estimate of drug-likeness (QED) is 0.821. The molecular formula is C14H17NOS. The third kappa shape index (κ3) is 3.14. The molecule has 0 spiro atoms. The summed E-state index contributed by atoms with van der Waals surface area (Å²) in [5, 5.41) is 12.0. The zero-order chi connectivity index (χ0) is 12.1. The third-order valence-electron chi connectivity index (χ3n) is 2.77. The number of aliphatic hydroxyl groups excluding tert-OH is 1. The van der Waals surface area contributed by atoms with Crippen molar-refractivity contribution in [2.45, 2.75) is 26.2 Å². The Hall–Kier alpha value is -1.19. The molecule has 0 saturated carbocycles. The number of hydrogen-bond donors (Lipinski definition) is 1. The summed E-state index contributed by atoms with van der Waals surface area (Å²) in [6.45, 7) is 2.39. The molecule has 0 radical (unpaired) electrons. The van der Waals surface area contributed by atoms with Crippen LogP contribution in [0.15, 0.2) is 29.6 Å². The van der Waals surface area contributed by atoms with Crippen LogP contribution in [0.25, 0.3) is 11.3 Å².